The van der Waals surface area contributed by atoms with E-state index in [1.807, 2.05) is 13.0 Å². The zero-order valence-electron chi connectivity index (χ0n) is 8.81. The largest absolute Gasteiger partial charge is 0.207 e. The summed E-state index contributed by atoms with van der Waals surface area (Å²) in [7, 11) is 0. The number of hydrogen-bond donors (Lipinski definition) is 0. The first kappa shape index (κ1) is 13.0. The summed E-state index contributed by atoms with van der Waals surface area (Å²) in [5, 5.41) is -0.608. The molecule has 90 valence electrons. The van der Waals surface area contributed by atoms with E-state index in [-0.39, 0.29) is 5.56 Å². The van der Waals surface area contributed by atoms with Gasteiger partial charge in [-0.1, -0.05) is 6.07 Å². The summed E-state index contributed by atoms with van der Waals surface area (Å²) in [6.45, 7) is 1.95. The van der Waals surface area contributed by atoms with Gasteiger partial charge in [0.05, 0.1) is 5.38 Å². The highest BCUT2D eigenvalue weighted by atomic mass is 79.9. The van der Waals surface area contributed by atoms with Gasteiger partial charge < -0.3 is 0 Å². The van der Waals surface area contributed by atoms with Gasteiger partial charge in [-0.05, 0) is 35.0 Å². The zero-order valence-corrected chi connectivity index (χ0v) is 12.0. The van der Waals surface area contributed by atoms with E-state index in [2.05, 4.69) is 15.9 Å². The van der Waals surface area contributed by atoms with Crippen LogP contribution in [-0.4, -0.2) is 0 Å². The second kappa shape index (κ2) is 5.04. The summed E-state index contributed by atoms with van der Waals surface area (Å²) in [6, 6.07) is 5.36. The second-order valence-electron chi connectivity index (χ2n) is 3.60. The Bertz CT molecular complexity index is 553. The Balaban J connectivity index is 2.43. The van der Waals surface area contributed by atoms with E-state index in [0.717, 1.165) is 20.3 Å². The third-order valence-corrected chi connectivity index (χ3v) is 4.92. The molecule has 0 N–H and O–H groups in total. The first-order valence-corrected chi connectivity index (χ1v) is 6.88. The molecule has 1 atom stereocenters. The summed E-state index contributed by atoms with van der Waals surface area (Å²) >= 11 is 11.1. The van der Waals surface area contributed by atoms with Gasteiger partial charge in [-0.15, -0.1) is 22.9 Å². The van der Waals surface area contributed by atoms with Gasteiger partial charge >= 0.3 is 0 Å². The van der Waals surface area contributed by atoms with Crippen LogP contribution in [0.25, 0.3) is 0 Å². The van der Waals surface area contributed by atoms with Crippen molar-refractivity contribution in [3.05, 3.63) is 55.7 Å². The van der Waals surface area contributed by atoms with Crippen molar-refractivity contribution in [3.63, 3.8) is 0 Å². The molecule has 1 unspecified atom stereocenters. The fourth-order valence-electron chi connectivity index (χ4n) is 1.52. The van der Waals surface area contributed by atoms with Gasteiger partial charge in [0.15, 0.2) is 0 Å². The first-order chi connectivity index (χ1) is 7.99. The number of alkyl halides is 1. The Kier molecular flexibility index (Phi) is 3.85. The van der Waals surface area contributed by atoms with Gasteiger partial charge in [0.2, 0.25) is 0 Å². The summed E-state index contributed by atoms with van der Waals surface area (Å²) in [5.74, 6) is -1.22. The molecule has 0 fully saturated rings. The Morgan fingerprint density at radius 1 is 1.29 bits per heavy atom. The molecule has 1 aromatic carbocycles. The van der Waals surface area contributed by atoms with E-state index in [4.69, 9.17) is 11.6 Å². The Morgan fingerprint density at radius 3 is 2.53 bits per heavy atom. The van der Waals surface area contributed by atoms with E-state index in [1.54, 1.807) is 0 Å². The average Bonchev–Trinajstić information content (AvgIpc) is 2.57. The Morgan fingerprint density at radius 2 is 2.00 bits per heavy atom. The lowest BCUT2D eigenvalue weighted by molar-refractivity contribution is 0.574. The van der Waals surface area contributed by atoms with Gasteiger partial charge in [0, 0.05) is 25.9 Å². The van der Waals surface area contributed by atoms with Crippen LogP contribution in [0.15, 0.2) is 28.7 Å². The molecule has 0 spiro atoms. The summed E-state index contributed by atoms with van der Waals surface area (Å²) < 4.78 is 27.2. The molecule has 0 bridgehead atoms. The SMILES string of the molecule is Cc1cc(Br)c(C(Cl)c2ccc(F)cc2F)s1. The number of thiophene rings is 1. The minimum absolute atomic E-state index is 0.288. The van der Waals surface area contributed by atoms with Crippen LogP contribution in [0.3, 0.4) is 0 Å². The van der Waals surface area contributed by atoms with E-state index in [9.17, 15) is 8.78 Å². The van der Waals surface area contributed by atoms with Crippen molar-refractivity contribution in [2.24, 2.45) is 0 Å². The van der Waals surface area contributed by atoms with Gasteiger partial charge in [-0.25, -0.2) is 8.78 Å². The van der Waals surface area contributed by atoms with Gasteiger partial charge in [0.1, 0.15) is 11.6 Å². The maximum Gasteiger partial charge on any atom is 0.131 e. The van der Waals surface area contributed by atoms with Crippen molar-refractivity contribution in [3.8, 4) is 0 Å². The molecule has 0 saturated carbocycles. The van der Waals surface area contributed by atoms with Crippen LogP contribution in [0.2, 0.25) is 0 Å². The second-order valence-corrected chi connectivity index (χ2v) is 6.18. The fraction of sp³-hybridized carbons (Fsp3) is 0.167. The van der Waals surface area contributed by atoms with Gasteiger partial charge in [-0.2, -0.15) is 0 Å². The maximum absolute atomic E-state index is 13.6. The van der Waals surface area contributed by atoms with Gasteiger partial charge in [0.25, 0.3) is 0 Å². The number of hydrogen-bond acceptors (Lipinski definition) is 1. The van der Waals surface area contributed by atoms with Crippen molar-refractivity contribution in [2.45, 2.75) is 12.3 Å². The quantitative estimate of drug-likeness (QED) is 0.641. The van der Waals surface area contributed by atoms with Crippen molar-refractivity contribution in [1.29, 1.82) is 0 Å². The molecule has 0 radical (unpaired) electrons. The lowest BCUT2D eigenvalue weighted by Crippen LogP contribution is -1.96. The van der Waals surface area contributed by atoms with Crippen molar-refractivity contribution in [2.75, 3.05) is 0 Å². The van der Waals surface area contributed by atoms with E-state index in [1.165, 1.54) is 23.5 Å². The minimum Gasteiger partial charge on any atom is -0.207 e. The normalized spacial score (nSPS) is 12.8. The lowest BCUT2D eigenvalue weighted by Gasteiger charge is -2.09. The highest BCUT2D eigenvalue weighted by Gasteiger charge is 2.20. The summed E-state index contributed by atoms with van der Waals surface area (Å²) in [5.41, 5.74) is 0.288. The Hall–Kier alpha value is -0.450. The molecule has 17 heavy (non-hydrogen) atoms. The van der Waals surface area contributed by atoms with Crippen molar-refractivity contribution >= 4 is 38.9 Å². The first-order valence-electron chi connectivity index (χ1n) is 4.84. The smallest absolute Gasteiger partial charge is 0.131 e. The molecule has 0 nitrogen and oxygen atoms in total. The molecule has 0 saturated heterocycles. The van der Waals surface area contributed by atoms with Crippen LogP contribution in [-0.2, 0) is 0 Å². The fourth-order valence-corrected chi connectivity index (χ4v) is 3.96. The van der Waals surface area contributed by atoms with Crippen LogP contribution < -0.4 is 0 Å². The molecule has 1 heterocycles. The Labute approximate surface area is 115 Å². The summed E-state index contributed by atoms with van der Waals surface area (Å²) in [6.07, 6.45) is 0. The standard InChI is InChI=1S/C12H8BrClF2S/c1-6-4-9(13)12(17-6)11(14)8-3-2-7(15)5-10(8)16/h2-5,11H,1H3. The van der Waals surface area contributed by atoms with Crippen molar-refractivity contribution in [1.82, 2.24) is 0 Å². The number of halogens is 4. The molecule has 0 aliphatic carbocycles. The minimum atomic E-state index is -0.622. The maximum atomic E-state index is 13.6. The highest BCUT2D eigenvalue weighted by molar-refractivity contribution is 9.10. The van der Waals surface area contributed by atoms with Crippen molar-refractivity contribution < 1.29 is 8.78 Å². The molecular formula is C12H8BrClF2S. The van der Waals surface area contributed by atoms with E-state index >= 15 is 0 Å². The van der Waals surface area contributed by atoms with Crippen LogP contribution in [0.5, 0.6) is 0 Å². The number of rotatable bonds is 2. The summed E-state index contributed by atoms with van der Waals surface area (Å²) in [4.78, 5) is 1.91. The monoisotopic (exact) mass is 336 g/mol. The number of benzene rings is 1. The molecule has 2 aromatic rings. The molecule has 1 aromatic heterocycles. The highest BCUT2D eigenvalue weighted by Crippen LogP contribution is 2.40. The van der Waals surface area contributed by atoms with E-state index < -0.39 is 17.0 Å². The number of aryl methyl sites for hydroxylation is 1. The zero-order chi connectivity index (χ0) is 12.6. The predicted molar refractivity (Wildman–Crippen MR) is 70.8 cm³/mol. The third kappa shape index (κ3) is 2.69. The molecular weight excluding hydrogens is 330 g/mol. The lowest BCUT2D eigenvalue weighted by atomic mass is 10.1. The third-order valence-electron chi connectivity index (χ3n) is 2.30. The van der Waals surface area contributed by atoms with Crippen LogP contribution >= 0.6 is 38.9 Å². The molecule has 5 heteroatoms. The molecule has 0 aliphatic rings. The van der Waals surface area contributed by atoms with E-state index in [0.29, 0.717) is 0 Å². The molecule has 2 rings (SSSR count). The van der Waals surface area contributed by atoms with Crippen LogP contribution in [0.1, 0.15) is 20.7 Å². The van der Waals surface area contributed by atoms with Gasteiger partial charge in [-0.3, -0.25) is 0 Å². The van der Waals surface area contributed by atoms with Crippen LogP contribution in [0, 0.1) is 18.6 Å². The molecule has 0 aliphatic heterocycles. The van der Waals surface area contributed by atoms with Crippen LogP contribution in [0.4, 0.5) is 8.78 Å². The predicted octanol–water partition coefficient (Wildman–Crippen LogP) is 5.43. The average molecular weight is 338 g/mol. The molecule has 0 amide bonds. The topological polar surface area (TPSA) is 0 Å².